The van der Waals surface area contributed by atoms with Crippen molar-refractivity contribution in [2.75, 3.05) is 26.8 Å². The quantitative estimate of drug-likeness (QED) is 0.780. The van der Waals surface area contributed by atoms with Gasteiger partial charge in [-0.2, -0.15) is 0 Å². The van der Waals surface area contributed by atoms with E-state index < -0.39 is 0 Å². The third-order valence-electron chi connectivity index (χ3n) is 4.09. The number of allylic oxidation sites excluding steroid dienone is 4. The highest BCUT2D eigenvalue weighted by Gasteiger charge is 2.31. The van der Waals surface area contributed by atoms with Crippen LogP contribution in [0.25, 0.3) is 0 Å². The number of ether oxygens (including phenoxy) is 2. The molecular weight excluding hydrogens is 286 g/mol. The number of methoxy groups -OCH3 is 1. The fraction of sp³-hybridized carbons (Fsp3) is 0.562. The van der Waals surface area contributed by atoms with Crippen LogP contribution in [0.5, 0.6) is 0 Å². The highest BCUT2D eigenvalue weighted by molar-refractivity contribution is 8.04. The van der Waals surface area contributed by atoms with Crippen LogP contribution in [-0.4, -0.2) is 48.8 Å². The molecule has 0 aromatic rings. The summed E-state index contributed by atoms with van der Waals surface area (Å²) >= 11 is 1.56. The molecule has 4 nitrogen and oxygen atoms in total. The first kappa shape index (κ1) is 14.7. The van der Waals surface area contributed by atoms with Crippen LogP contribution >= 0.6 is 11.8 Å². The number of hydrogen-bond donors (Lipinski definition) is 0. The fourth-order valence-corrected chi connectivity index (χ4v) is 3.92. The lowest BCUT2D eigenvalue weighted by molar-refractivity contribution is -0.117. The van der Waals surface area contributed by atoms with Crippen LogP contribution in [0.4, 0.5) is 0 Å². The van der Waals surface area contributed by atoms with E-state index in [-0.39, 0.29) is 11.0 Å². The lowest BCUT2D eigenvalue weighted by Crippen LogP contribution is -2.34. The van der Waals surface area contributed by atoms with E-state index >= 15 is 0 Å². The number of ketones is 1. The third-order valence-corrected chi connectivity index (χ3v) is 5.15. The molecule has 3 aliphatic rings. The van der Waals surface area contributed by atoms with Crippen LogP contribution in [0, 0.1) is 0 Å². The van der Waals surface area contributed by atoms with Gasteiger partial charge in [0.05, 0.1) is 18.5 Å². The van der Waals surface area contributed by atoms with Crippen LogP contribution in [-0.2, 0) is 14.3 Å². The third kappa shape index (κ3) is 3.35. The van der Waals surface area contributed by atoms with E-state index in [2.05, 4.69) is 23.1 Å². The first-order valence-corrected chi connectivity index (χ1v) is 8.38. The van der Waals surface area contributed by atoms with Gasteiger partial charge in [0.1, 0.15) is 0 Å². The van der Waals surface area contributed by atoms with E-state index in [0.717, 1.165) is 39.0 Å². The largest absolute Gasteiger partial charge is 0.492 e. The average molecular weight is 307 g/mol. The Morgan fingerprint density at radius 2 is 2.43 bits per heavy atom. The van der Waals surface area contributed by atoms with Gasteiger partial charge in [-0.1, -0.05) is 12.2 Å². The smallest absolute Gasteiger partial charge is 0.211 e. The maximum absolute atomic E-state index is 12.2. The SMILES string of the molecule is COC1=CSC(CC2=CC=CCN2CC2CCCO2)C1=O. The zero-order chi connectivity index (χ0) is 14.7. The lowest BCUT2D eigenvalue weighted by Gasteiger charge is -2.31. The molecule has 0 radical (unpaired) electrons. The summed E-state index contributed by atoms with van der Waals surface area (Å²) in [7, 11) is 1.55. The number of thioether (sulfide) groups is 1. The second kappa shape index (κ2) is 6.71. The van der Waals surface area contributed by atoms with Gasteiger partial charge in [0, 0.05) is 37.2 Å². The second-order valence-electron chi connectivity index (χ2n) is 5.51. The van der Waals surface area contributed by atoms with E-state index in [9.17, 15) is 4.79 Å². The number of nitrogens with zero attached hydrogens (tertiary/aromatic N) is 1. The van der Waals surface area contributed by atoms with Crippen LogP contribution < -0.4 is 0 Å². The molecule has 21 heavy (non-hydrogen) atoms. The summed E-state index contributed by atoms with van der Waals surface area (Å²) in [6.07, 6.45) is 9.74. The number of Topliss-reactive ketones (excluding diaryl/α,β-unsaturated/α-hetero) is 1. The summed E-state index contributed by atoms with van der Waals surface area (Å²) in [5.41, 5.74) is 1.23. The normalized spacial score (nSPS) is 28.8. The van der Waals surface area contributed by atoms with Crippen molar-refractivity contribution in [3.05, 3.63) is 35.1 Å². The fourth-order valence-electron chi connectivity index (χ4n) is 2.91. The molecule has 2 atom stereocenters. The maximum atomic E-state index is 12.2. The summed E-state index contributed by atoms with van der Waals surface area (Å²) in [6.45, 7) is 2.71. The monoisotopic (exact) mass is 307 g/mol. The van der Waals surface area contributed by atoms with Crippen molar-refractivity contribution in [2.24, 2.45) is 0 Å². The van der Waals surface area contributed by atoms with Gasteiger partial charge in [-0.25, -0.2) is 0 Å². The van der Waals surface area contributed by atoms with Gasteiger partial charge < -0.3 is 14.4 Å². The van der Waals surface area contributed by atoms with Crippen molar-refractivity contribution in [3.63, 3.8) is 0 Å². The van der Waals surface area contributed by atoms with Crippen LogP contribution in [0.2, 0.25) is 0 Å². The van der Waals surface area contributed by atoms with Crippen LogP contribution in [0.3, 0.4) is 0 Å². The number of carbonyl (C=O) groups excluding carboxylic acids is 1. The average Bonchev–Trinajstić information content (AvgIpc) is 3.12. The van der Waals surface area contributed by atoms with E-state index in [1.807, 2.05) is 5.41 Å². The molecule has 2 unspecified atom stereocenters. The number of carbonyl (C=O) groups is 1. The van der Waals surface area contributed by atoms with Gasteiger partial charge in [-0.05, 0) is 18.9 Å². The molecule has 3 aliphatic heterocycles. The Bertz CT molecular complexity index is 492. The Morgan fingerprint density at radius 3 is 3.14 bits per heavy atom. The van der Waals surface area contributed by atoms with Crippen molar-refractivity contribution in [1.29, 1.82) is 0 Å². The molecule has 0 spiro atoms. The van der Waals surface area contributed by atoms with E-state index in [1.165, 1.54) is 5.70 Å². The van der Waals surface area contributed by atoms with Gasteiger partial charge in [-0.15, -0.1) is 11.8 Å². The van der Waals surface area contributed by atoms with Crippen molar-refractivity contribution in [2.45, 2.75) is 30.6 Å². The predicted octanol–water partition coefficient (Wildman–Crippen LogP) is 2.48. The minimum absolute atomic E-state index is 0.0512. The molecule has 0 aromatic carbocycles. The number of rotatable bonds is 5. The molecule has 1 fully saturated rings. The minimum Gasteiger partial charge on any atom is -0.492 e. The summed E-state index contributed by atoms with van der Waals surface area (Å²) in [4.78, 5) is 14.5. The second-order valence-corrected chi connectivity index (χ2v) is 6.58. The Hall–Kier alpha value is -1.20. The van der Waals surface area contributed by atoms with Crippen molar-refractivity contribution < 1.29 is 14.3 Å². The summed E-state index contributed by atoms with van der Waals surface area (Å²) in [6, 6.07) is 0. The zero-order valence-corrected chi connectivity index (χ0v) is 13.1. The zero-order valence-electron chi connectivity index (χ0n) is 12.3. The Labute approximate surface area is 129 Å². The van der Waals surface area contributed by atoms with Crippen molar-refractivity contribution >= 4 is 17.5 Å². The minimum atomic E-state index is -0.0512. The van der Waals surface area contributed by atoms with Gasteiger partial charge >= 0.3 is 0 Å². The van der Waals surface area contributed by atoms with Crippen LogP contribution in [0.15, 0.2) is 35.1 Å². The first-order chi connectivity index (χ1) is 10.3. The maximum Gasteiger partial charge on any atom is 0.211 e. The summed E-state index contributed by atoms with van der Waals surface area (Å²) < 4.78 is 10.8. The first-order valence-electron chi connectivity index (χ1n) is 7.44. The van der Waals surface area contributed by atoms with Gasteiger partial charge in [-0.3, -0.25) is 4.79 Å². The molecule has 0 aromatic heterocycles. The van der Waals surface area contributed by atoms with Crippen molar-refractivity contribution in [1.82, 2.24) is 4.90 Å². The van der Waals surface area contributed by atoms with Crippen molar-refractivity contribution in [3.8, 4) is 0 Å². The molecule has 1 saturated heterocycles. The van der Waals surface area contributed by atoms with E-state index in [0.29, 0.717) is 11.9 Å². The van der Waals surface area contributed by atoms with Gasteiger partial charge in [0.15, 0.2) is 5.76 Å². The standard InChI is InChI=1S/C16H21NO3S/c1-19-14-11-21-15(16(14)18)9-12-5-2-3-7-17(12)10-13-6-4-8-20-13/h2-3,5,11,13,15H,4,6-10H2,1H3. The highest BCUT2D eigenvalue weighted by Crippen LogP contribution is 2.33. The van der Waals surface area contributed by atoms with E-state index in [1.54, 1.807) is 18.9 Å². The molecule has 0 aliphatic carbocycles. The molecule has 5 heteroatoms. The predicted molar refractivity (Wildman–Crippen MR) is 83.9 cm³/mol. The van der Waals surface area contributed by atoms with Gasteiger partial charge in [0.2, 0.25) is 5.78 Å². The molecule has 3 rings (SSSR count). The van der Waals surface area contributed by atoms with Gasteiger partial charge in [0.25, 0.3) is 0 Å². The lowest BCUT2D eigenvalue weighted by atomic mass is 10.1. The highest BCUT2D eigenvalue weighted by atomic mass is 32.2. The molecule has 114 valence electrons. The molecule has 0 saturated carbocycles. The molecule has 3 heterocycles. The van der Waals surface area contributed by atoms with E-state index in [4.69, 9.17) is 9.47 Å². The van der Waals surface area contributed by atoms with Crippen LogP contribution in [0.1, 0.15) is 19.3 Å². The Balaban J connectivity index is 1.61. The summed E-state index contributed by atoms with van der Waals surface area (Å²) in [5, 5.41) is 1.78. The molecule has 0 amide bonds. The Morgan fingerprint density at radius 1 is 1.52 bits per heavy atom. The summed E-state index contributed by atoms with van der Waals surface area (Å²) in [5.74, 6) is 0.595. The molecular formula is C16H21NO3S. The molecule has 0 bridgehead atoms. The topological polar surface area (TPSA) is 38.8 Å². The molecule has 0 N–H and O–H groups in total. The Kier molecular flexibility index (Phi) is 4.70. The number of hydrogen-bond acceptors (Lipinski definition) is 5.